The molecule has 1 aromatic heterocycles. The summed E-state index contributed by atoms with van der Waals surface area (Å²) in [7, 11) is 2.48. The van der Waals surface area contributed by atoms with Gasteiger partial charge in [0.05, 0.1) is 30.6 Å². The molecule has 0 aliphatic carbocycles. The van der Waals surface area contributed by atoms with Crippen LogP contribution in [0.25, 0.3) is 22.5 Å². The number of carbonyl (C=O) groups is 8. The predicted octanol–water partition coefficient (Wildman–Crippen LogP) is 7.87. The van der Waals surface area contributed by atoms with Gasteiger partial charge < -0.3 is 59.9 Å². The third-order valence-electron chi connectivity index (χ3n) is 12.5. The molecule has 1 aliphatic heterocycles. The zero-order chi connectivity index (χ0) is 61.2. The fraction of sp³-hybridized carbons (Fsp3) is 0.500. The first-order valence-electron chi connectivity index (χ1n) is 27.0. The molecule has 4 bridgehead atoms. The van der Waals surface area contributed by atoms with Crippen molar-refractivity contribution in [2.75, 3.05) is 33.9 Å². The SMILES string of the molecule is COC(=O)[C@@H]1Cc2ccc(OCCNC(=O)OC(C)(C)C)c(c2)-c2cc(ccc2OC(=O)OC(C)(C)C)[C@H](N(C)C(=O)[C@H](CCNC(=O)OC(C)(C)C)NC(=O)c2c(C)nc(-c3ccc(C(C)(C)C)cc3)nc2C)C(=O)N[C@@H](C)C(=O)N1. The summed E-state index contributed by atoms with van der Waals surface area (Å²) in [4.78, 5) is 122. The molecule has 5 N–H and O–H groups in total. The molecule has 4 atom stereocenters. The number of amides is 6. The Kier molecular flexibility index (Phi) is 20.9. The van der Waals surface area contributed by atoms with Crippen molar-refractivity contribution in [3.63, 3.8) is 0 Å². The van der Waals surface area contributed by atoms with Crippen molar-refractivity contribution in [3.05, 3.63) is 94.3 Å². The molecule has 22 nitrogen and oxygen atoms in total. The zero-order valence-electron chi connectivity index (χ0n) is 50.2. The first kappa shape index (κ1) is 64.5. The van der Waals surface area contributed by atoms with Crippen LogP contribution in [0.5, 0.6) is 11.5 Å². The Balaban J connectivity index is 1.66. The Morgan fingerprint density at radius 2 is 1.27 bits per heavy atom. The highest BCUT2D eigenvalue weighted by molar-refractivity contribution is 6.00. The minimum absolute atomic E-state index is 0.0180. The number of likely N-dealkylation sites (N-methyl/N-ethyl adjacent to an activating group) is 1. The van der Waals surface area contributed by atoms with Crippen LogP contribution in [0.2, 0.25) is 0 Å². The molecule has 0 saturated heterocycles. The molecule has 0 unspecified atom stereocenters. The summed E-state index contributed by atoms with van der Waals surface area (Å²) in [5, 5.41) is 13.5. The molecule has 1 aliphatic rings. The van der Waals surface area contributed by atoms with Crippen LogP contribution in [0.1, 0.15) is 141 Å². The number of nitrogens with one attached hydrogen (secondary N) is 5. The second-order valence-corrected chi connectivity index (χ2v) is 24.0. The van der Waals surface area contributed by atoms with Crippen LogP contribution in [0.15, 0.2) is 60.7 Å². The number of nitrogens with zero attached hydrogens (tertiary/aromatic N) is 3. The number of hydrogen-bond donors (Lipinski definition) is 5. The van der Waals surface area contributed by atoms with E-state index in [-0.39, 0.29) is 71.7 Å². The largest absolute Gasteiger partial charge is 0.514 e. The second kappa shape index (κ2) is 26.5. The fourth-order valence-corrected chi connectivity index (χ4v) is 8.61. The van der Waals surface area contributed by atoms with E-state index in [9.17, 15) is 28.8 Å². The first-order chi connectivity index (χ1) is 38.0. The van der Waals surface area contributed by atoms with Crippen molar-refractivity contribution in [1.29, 1.82) is 0 Å². The van der Waals surface area contributed by atoms with Crippen LogP contribution >= 0.6 is 0 Å². The summed E-state index contributed by atoms with van der Waals surface area (Å²) >= 11 is 0. The number of ether oxygens (including phenoxy) is 6. The lowest BCUT2D eigenvalue weighted by atomic mass is 9.86. The molecule has 4 aromatic rings. The lowest BCUT2D eigenvalue weighted by Crippen LogP contribution is -2.55. The molecule has 82 heavy (non-hydrogen) atoms. The Morgan fingerprint density at radius 3 is 1.83 bits per heavy atom. The zero-order valence-corrected chi connectivity index (χ0v) is 50.2. The van der Waals surface area contributed by atoms with Gasteiger partial charge in [-0.05, 0) is 136 Å². The third kappa shape index (κ3) is 18.4. The monoisotopic (exact) mass is 1140 g/mol. The number of aryl methyl sites for hydroxylation is 2. The van der Waals surface area contributed by atoms with Gasteiger partial charge in [0.25, 0.3) is 5.91 Å². The van der Waals surface area contributed by atoms with Gasteiger partial charge in [0.2, 0.25) is 17.7 Å². The molecule has 0 saturated carbocycles. The lowest BCUT2D eigenvalue weighted by molar-refractivity contribution is -0.145. The van der Waals surface area contributed by atoms with Crippen molar-refractivity contribution in [2.24, 2.45) is 0 Å². The summed E-state index contributed by atoms with van der Waals surface area (Å²) in [6, 6.07) is 11.3. The Labute approximate surface area is 479 Å². The number of methoxy groups -OCH3 is 1. The molecule has 6 amide bonds. The molecule has 3 aromatic carbocycles. The molecule has 0 spiro atoms. The summed E-state index contributed by atoms with van der Waals surface area (Å²) in [6.45, 7) is 25.9. The number of esters is 1. The van der Waals surface area contributed by atoms with E-state index >= 15 is 9.59 Å². The Bertz CT molecular complexity index is 3000. The number of alkyl carbamates (subject to hydrolysis) is 2. The van der Waals surface area contributed by atoms with Gasteiger partial charge in [-0.2, -0.15) is 0 Å². The van der Waals surface area contributed by atoms with Crippen LogP contribution in [-0.2, 0) is 50.0 Å². The summed E-state index contributed by atoms with van der Waals surface area (Å²) in [5.41, 5.74) is 0.776. The highest BCUT2D eigenvalue weighted by atomic mass is 16.7. The van der Waals surface area contributed by atoms with E-state index in [4.69, 9.17) is 38.4 Å². The van der Waals surface area contributed by atoms with Crippen molar-refractivity contribution >= 4 is 47.9 Å². The lowest BCUT2D eigenvalue weighted by Gasteiger charge is -2.33. The highest BCUT2D eigenvalue weighted by Gasteiger charge is 2.37. The maximum Gasteiger partial charge on any atom is 0.514 e. The predicted molar refractivity (Wildman–Crippen MR) is 305 cm³/mol. The minimum Gasteiger partial charge on any atom is -0.491 e. The van der Waals surface area contributed by atoms with Crippen molar-refractivity contribution in [2.45, 2.75) is 163 Å². The topological polar surface area (TPSA) is 281 Å². The van der Waals surface area contributed by atoms with Crippen LogP contribution < -0.4 is 36.1 Å². The van der Waals surface area contributed by atoms with E-state index < -0.39 is 88.9 Å². The van der Waals surface area contributed by atoms with Gasteiger partial charge in [-0.1, -0.05) is 57.2 Å². The van der Waals surface area contributed by atoms with Crippen molar-refractivity contribution < 1.29 is 66.8 Å². The molecule has 0 fully saturated rings. The molecule has 444 valence electrons. The molecular formula is C60H80N8O14. The Morgan fingerprint density at radius 1 is 0.707 bits per heavy atom. The van der Waals surface area contributed by atoms with Gasteiger partial charge in [0.1, 0.15) is 59.1 Å². The highest BCUT2D eigenvalue weighted by Crippen LogP contribution is 2.41. The van der Waals surface area contributed by atoms with E-state index in [2.05, 4.69) is 47.4 Å². The average molecular weight is 1140 g/mol. The normalized spacial score (nSPS) is 16.1. The molecule has 22 heteroatoms. The van der Waals surface area contributed by atoms with E-state index in [0.717, 1.165) is 23.1 Å². The van der Waals surface area contributed by atoms with Crippen LogP contribution in [0.3, 0.4) is 0 Å². The van der Waals surface area contributed by atoms with Crippen molar-refractivity contribution in [3.8, 4) is 34.0 Å². The van der Waals surface area contributed by atoms with Crippen LogP contribution in [0, 0.1) is 13.8 Å². The van der Waals surface area contributed by atoms with Gasteiger partial charge in [0.15, 0.2) is 5.82 Å². The van der Waals surface area contributed by atoms with Gasteiger partial charge in [-0.15, -0.1) is 0 Å². The maximum atomic E-state index is 15.3. The number of rotatable bonds is 14. The number of fused-ring (bicyclic) bond motifs is 5. The molecule has 5 rings (SSSR count). The quantitative estimate of drug-likeness (QED) is 0.0347. The van der Waals surface area contributed by atoms with Gasteiger partial charge in [-0.3, -0.25) is 19.2 Å². The fourth-order valence-electron chi connectivity index (χ4n) is 8.61. The number of carbonyl (C=O) groups excluding carboxylic acids is 8. The van der Waals surface area contributed by atoms with Gasteiger partial charge >= 0.3 is 24.3 Å². The van der Waals surface area contributed by atoms with E-state index in [1.807, 2.05) is 24.3 Å². The molecule has 2 heterocycles. The minimum atomic E-state index is -1.63. The van der Waals surface area contributed by atoms with Crippen LogP contribution in [-0.4, -0.2) is 132 Å². The second-order valence-electron chi connectivity index (χ2n) is 24.0. The number of benzene rings is 3. The average Bonchev–Trinajstić information content (AvgIpc) is 3.55. The van der Waals surface area contributed by atoms with E-state index in [1.165, 1.54) is 32.2 Å². The number of hydrogen-bond acceptors (Lipinski definition) is 16. The summed E-state index contributed by atoms with van der Waals surface area (Å²) < 4.78 is 33.6. The molecule has 0 radical (unpaired) electrons. The number of aromatic nitrogens is 2. The van der Waals surface area contributed by atoms with Gasteiger partial charge in [0, 0.05) is 36.7 Å². The van der Waals surface area contributed by atoms with Gasteiger partial charge in [-0.25, -0.2) is 29.1 Å². The first-order valence-corrected chi connectivity index (χ1v) is 27.0. The van der Waals surface area contributed by atoms with Crippen molar-refractivity contribution in [1.82, 2.24) is 41.5 Å². The summed E-state index contributed by atoms with van der Waals surface area (Å²) in [5.74, 6) is -3.55. The Hall–Kier alpha value is -8.30. The maximum absolute atomic E-state index is 15.3. The smallest absolute Gasteiger partial charge is 0.491 e. The molecular weight excluding hydrogens is 1060 g/mol. The van der Waals surface area contributed by atoms with E-state index in [0.29, 0.717) is 22.8 Å². The summed E-state index contributed by atoms with van der Waals surface area (Å²) in [6.07, 6.45) is -2.90. The standard InChI is InChI=1S/C60H80N8O14/c1-33-46(34(2)64-48(63-33)37-19-22-39(23-20-37)57(4,5)6)50(70)66-42(26-27-61-54(74)80-58(7,8)9)52(72)68(16)47-38-21-25-45(79-56(76)82-60(13,14)15)41(32-38)40-30-36(18-24-44(40)78-29-28-62-55(75)81-59(10,11)12)31-43(53(73)77-17)67-49(69)35(3)65-51(47)71/h18-25,30,32,35,42-43,47H,26-29,31H2,1-17H3,(H,61,74)(H,62,75)(H,65,71)(H,66,70)(H,67,69)/t35-,42-,43-,47-/m0/s1. The van der Waals surface area contributed by atoms with E-state index in [1.54, 1.807) is 94.4 Å². The van der Waals surface area contributed by atoms with Crippen LogP contribution in [0.4, 0.5) is 14.4 Å². The third-order valence-corrected chi connectivity index (χ3v) is 12.5.